The summed E-state index contributed by atoms with van der Waals surface area (Å²) < 4.78 is 0. The summed E-state index contributed by atoms with van der Waals surface area (Å²) >= 11 is 1.27. The molecule has 6 nitrogen and oxygen atoms in total. The van der Waals surface area contributed by atoms with Crippen molar-refractivity contribution < 1.29 is 4.79 Å². The number of nitrogens with one attached hydrogen (secondary N) is 2. The van der Waals surface area contributed by atoms with Gasteiger partial charge in [0.2, 0.25) is 11.1 Å². The molecule has 0 aliphatic heterocycles. The van der Waals surface area contributed by atoms with Crippen LogP contribution in [0, 0.1) is 18.3 Å². The van der Waals surface area contributed by atoms with Crippen molar-refractivity contribution in [1.82, 2.24) is 20.5 Å². The van der Waals surface area contributed by atoms with Gasteiger partial charge in [-0.25, -0.2) is 4.98 Å². The molecule has 1 aliphatic carbocycles. The number of amides is 1. The standard InChI is InChI=1S/C11H15N5OS/c1-8-13-10(16-15-8)18-6-9(17)14-11(7-12)4-2-3-5-11/h2-6H2,1H3,(H,14,17)(H,13,15,16). The molecule has 0 atom stereocenters. The number of rotatable bonds is 4. The fourth-order valence-corrected chi connectivity index (χ4v) is 2.71. The van der Waals surface area contributed by atoms with Gasteiger partial charge in [-0.3, -0.25) is 9.89 Å². The van der Waals surface area contributed by atoms with Crippen LogP contribution >= 0.6 is 11.8 Å². The number of carbonyl (C=O) groups excluding carboxylic acids is 1. The summed E-state index contributed by atoms with van der Waals surface area (Å²) in [4.78, 5) is 15.9. The van der Waals surface area contributed by atoms with E-state index in [2.05, 4.69) is 26.6 Å². The highest BCUT2D eigenvalue weighted by molar-refractivity contribution is 7.99. The molecule has 0 bridgehead atoms. The van der Waals surface area contributed by atoms with Crippen LogP contribution in [0.2, 0.25) is 0 Å². The zero-order chi connectivity index (χ0) is 13.0. The van der Waals surface area contributed by atoms with Gasteiger partial charge in [0.25, 0.3) is 0 Å². The third-order valence-corrected chi connectivity index (χ3v) is 3.81. The molecule has 1 aromatic heterocycles. The highest BCUT2D eigenvalue weighted by Crippen LogP contribution is 2.29. The lowest BCUT2D eigenvalue weighted by atomic mass is 10.0. The van der Waals surface area contributed by atoms with Crippen molar-refractivity contribution in [2.24, 2.45) is 0 Å². The summed E-state index contributed by atoms with van der Waals surface area (Å²) in [5.74, 6) is 0.828. The van der Waals surface area contributed by atoms with Gasteiger partial charge in [0.15, 0.2) is 0 Å². The van der Waals surface area contributed by atoms with Gasteiger partial charge in [-0.15, -0.1) is 5.10 Å². The molecular formula is C11H15N5OS. The lowest BCUT2D eigenvalue weighted by molar-refractivity contribution is -0.119. The van der Waals surface area contributed by atoms with Crippen LogP contribution in [0.25, 0.3) is 0 Å². The fourth-order valence-electron chi connectivity index (χ4n) is 2.06. The SMILES string of the molecule is Cc1nc(SCC(=O)NC2(C#N)CCCC2)n[nH]1. The van der Waals surface area contributed by atoms with E-state index in [4.69, 9.17) is 5.26 Å². The molecule has 0 aromatic carbocycles. The van der Waals surface area contributed by atoms with Crippen LogP contribution in [0.3, 0.4) is 0 Å². The zero-order valence-electron chi connectivity index (χ0n) is 10.2. The number of aryl methyl sites for hydroxylation is 1. The van der Waals surface area contributed by atoms with E-state index in [-0.39, 0.29) is 11.7 Å². The summed E-state index contributed by atoms with van der Waals surface area (Å²) in [6.45, 7) is 1.81. The number of nitriles is 1. The van der Waals surface area contributed by atoms with Crippen LogP contribution in [-0.4, -0.2) is 32.4 Å². The highest BCUT2D eigenvalue weighted by atomic mass is 32.2. The van der Waals surface area contributed by atoms with Gasteiger partial charge >= 0.3 is 0 Å². The molecule has 18 heavy (non-hydrogen) atoms. The molecule has 1 amide bonds. The minimum Gasteiger partial charge on any atom is -0.337 e. The topological polar surface area (TPSA) is 94.5 Å². The Kier molecular flexibility index (Phi) is 3.87. The highest BCUT2D eigenvalue weighted by Gasteiger charge is 2.35. The first kappa shape index (κ1) is 12.9. The smallest absolute Gasteiger partial charge is 0.231 e. The van der Waals surface area contributed by atoms with Gasteiger partial charge in [-0.1, -0.05) is 11.8 Å². The Labute approximate surface area is 110 Å². The molecular weight excluding hydrogens is 250 g/mol. The Hall–Kier alpha value is -1.55. The number of H-pyrrole nitrogens is 1. The van der Waals surface area contributed by atoms with Crippen LogP contribution in [0.4, 0.5) is 0 Å². The van der Waals surface area contributed by atoms with Gasteiger partial charge in [0.05, 0.1) is 11.8 Å². The van der Waals surface area contributed by atoms with Crippen molar-refractivity contribution in [2.45, 2.75) is 43.3 Å². The molecule has 0 saturated heterocycles. The predicted octanol–water partition coefficient (Wildman–Crippen LogP) is 1.16. The molecule has 1 aliphatic rings. The normalized spacial score (nSPS) is 17.3. The Morgan fingerprint density at radius 2 is 2.33 bits per heavy atom. The number of carbonyl (C=O) groups is 1. The van der Waals surface area contributed by atoms with Crippen LogP contribution in [0.1, 0.15) is 31.5 Å². The maximum absolute atomic E-state index is 11.8. The van der Waals surface area contributed by atoms with Gasteiger partial charge in [0.1, 0.15) is 11.4 Å². The molecule has 0 radical (unpaired) electrons. The fraction of sp³-hybridized carbons (Fsp3) is 0.636. The molecule has 96 valence electrons. The van der Waals surface area contributed by atoms with E-state index in [1.165, 1.54) is 11.8 Å². The van der Waals surface area contributed by atoms with Gasteiger partial charge < -0.3 is 5.32 Å². The maximum Gasteiger partial charge on any atom is 0.231 e. The van der Waals surface area contributed by atoms with Gasteiger partial charge in [-0.05, 0) is 32.6 Å². The maximum atomic E-state index is 11.8. The van der Waals surface area contributed by atoms with Gasteiger partial charge in [0, 0.05) is 0 Å². The molecule has 0 unspecified atom stereocenters. The van der Waals surface area contributed by atoms with E-state index in [1.807, 2.05) is 0 Å². The van der Waals surface area contributed by atoms with E-state index in [1.54, 1.807) is 6.92 Å². The van der Waals surface area contributed by atoms with Crippen molar-refractivity contribution in [3.8, 4) is 6.07 Å². The van der Waals surface area contributed by atoms with Crippen LogP contribution in [0.15, 0.2) is 5.16 Å². The van der Waals surface area contributed by atoms with Crippen molar-refractivity contribution in [1.29, 1.82) is 5.26 Å². The second-order valence-corrected chi connectivity index (χ2v) is 5.38. The average Bonchev–Trinajstić information content (AvgIpc) is 2.97. The number of hydrogen-bond acceptors (Lipinski definition) is 5. The van der Waals surface area contributed by atoms with Crippen molar-refractivity contribution in [3.05, 3.63) is 5.82 Å². The summed E-state index contributed by atoms with van der Waals surface area (Å²) in [6.07, 6.45) is 3.50. The monoisotopic (exact) mass is 265 g/mol. The quantitative estimate of drug-likeness (QED) is 0.796. The number of nitrogens with zero attached hydrogens (tertiary/aromatic N) is 3. The summed E-state index contributed by atoms with van der Waals surface area (Å²) in [6, 6.07) is 2.23. The first-order valence-electron chi connectivity index (χ1n) is 5.88. The molecule has 0 spiro atoms. The molecule has 1 saturated carbocycles. The zero-order valence-corrected chi connectivity index (χ0v) is 11.0. The molecule has 1 heterocycles. The van der Waals surface area contributed by atoms with Crippen molar-refractivity contribution in [2.75, 3.05) is 5.75 Å². The Balaban J connectivity index is 1.83. The van der Waals surface area contributed by atoms with Crippen molar-refractivity contribution in [3.63, 3.8) is 0 Å². The van der Waals surface area contributed by atoms with E-state index in [0.29, 0.717) is 5.16 Å². The number of aromatic nitrogens is 3. The second kappa shape index (κ2) is 5.40. The minimum atomic E-state index is -0.646. The Morgan fingerprint density at radius 1 is 1.61 bits per heavy atom. The average molecular weight is 265 g/mol. The minimum absolute atomic E-state index is 0.133. The Morgan fingerprint density at radius 3 is 2.89 bits per heavy atom. The third-order valence-electron chi connectivity index (χ3n) is 2.96. The van der Waals surface area contributed by atoms with E-state index in [9.17, 15) is 4.79 Å². The van der Waals surface area contributed by atoms with Crippen LogP contribution < -0.4 is 5.32 Å². The molecule has 7 heteroatoms. The van der Waals surface area contributed by atoms with E-state index in [0.717, 1.165) is 31.5 Å². The molecule has 1 aromatic rings. The Bertz CT molecular complexity index is 472. The number of hydrogen-bond donors (Lipinski definition) is 2. The third kappa shape index (κ3) is 3.01. The molecule has 2 rings (SSSR count). The van der Waals surface area contributed by atoms with Crippen molar-refractivity contribution >= 4 is 17.7 Å². The van der Waals surface area contributed by atoms with Gasteiger partial charge in [-0.2, -0.15) is 5.26 Å². The summed E-state index contributed by atoms with van der Waals surface area (Å²) in [7, 11) is 0. The lowest BCUT2D eigenvalue weighted by Gasteiger charge is -2.21. The largest absolute Gasteiger partial charge is 0.337 e. The molecule has 2 N–H and O–H groups in total. The lowest BCUT2D eigenvalue weighted by Crippen LogP contribution is -2.45. The van der Waals surface area contributed by atoms with E-state index < -0.39 is 5.54 Å². The second-order valence-electron chi connectivity index (χ2n) is 4.44. The van der Waals surface area contributed by atoms with E-state index >= 15 is 0 Å². The number of thioether (sulfide) groups is 1. The first-order valence-corrected chi connectivity index (χ1v) is 6.86. The van der Waals surface area contributed by atoms with Crippen LogP contribution in [0.5, 0.6) is 0 Å². The molecule has 1 fully saturated rings. The van der Waals surface area contributed by atoms with Crippen LogP contribution in [-0.2, 0) is 4.79 Å². The summed E-state index contributed by atoms with van der Waals surface area (Å²) in [5.41, 5.74) is -0.646. The summed E-state index contributed by atoms with van der Waals surface area (Å²) in [5, 5.41) is 19.2. The predicted molar refractivity (Wildman–Crippen MR) is 66.8 cm³/mol. The number of aromatic amines is 1. The first-order chi connectivity index (χ1) is 8.63.